The number of fused-ring (bicyclic) bond motifs is 1. The van der Waals surface area contributed by atoms with Crippen LogP contribution in [0, 0.1) is 0 Å². The van der Waals surface area contributed by atoms with E-state index in [1.54, 1.807) is 18.2 Å². The average molecular weight is 335 g/mol. The molecule has 5 nitrogen and oxygen atoms in total. The van der Waals surface area contributed by atoms with Gasteiger partial charge >= 0.3 is 5.97 Å². The van der Waals surface area contributed by atoms with E-state index in [0.29, 0.717) is 11.3 Å². The molecule has 0 spiro atoms. The Morgan fingerprint density at radius 1 is 0.920 bits per heavy atom. The van der Waals surface area contributed by atoms with Crippen LogP contribution in [0.1, 0.15) is 5.56 Å². The van der Waals surface area contributed by atoms with E-state index in [1.165, 1.54) is 12.1 Å². The summed E-state index contributed by atoms with van der Waals surface area (Å²) in [7, 11) is 0. The van der Waals surface area contributed by atoms with E-state index < -0.39 is 11.9 Å². The van der Waals surface area contributed by atoms with Crippen LogP contribution in [-0.2, 0) is 20.7 Å². The molecular formula is C20H17NO4. The summed E-state index contributed by atoms with van der Waals surface area (Å²) in [5.74, 6) is -0.763. The third kappa shape index (κ3) is 4.57. The van der Waals surface area contributed by atoms with Crippen molar-refractivity contribution < 1.29 is 19.4 Å². The lowest BCUT2D eigenvalue weighted by molar-refractivity contribution is -0.146. The predicted octanol–water partition coefficient (Wildman–Crippen LogP) is 3.27. The van der Waals surface area contributed by atoms with E-state index >= 15 is 0 Å². The second kappa shape index (κ2) is 7.49. The van der Waals surface area contributed by atoms with Gasteiger partial charge in [-0.2, -0.15) is 0 Å². The molecule has 0 saturated carbocycles. The fraction of sp³-hybridized carbons (Fsp3) is 0.100. The SMILES string of the molecule is O=C(COC(=O)Cc1ccc(O)cc1)Nc1ccc2ccccc2c1. The summed E-state index contributed by atoms with van der Waals surface area (Å²) >= 11 is 0. The number of hydrogen-bond acceptors (Lipinski definition) is 4. The van der Waals surface area contributed by atoms with Crippen LogP contribution in [0.15, 0.2) is 66.7 Å². The lowest BCUT2D eigenvalue weighted by Gasteiger charge is -2.08. The highest BCUT2D eigenvalue weighted by molar-refractivity contribution is 5.95. The van der Waals surface area contributed by atoms with Crippen LogP contribution in [0.2, 0.25) is 0 Å². The quantitative estimate of drug-likeness (QED) is 0.702. The van der Waals surface area contributed by atoms with Crippen molar-refractivity contribution in [2.75, 3.05) is 11.9 Å². The van der Waals surface area contributed by atoms with E-state index in [0.717, 1.165) is 10.8 Å². The molecule has 3 rings (SSSR count). The first-order valence-electron chi connectivity index (χ1n) is 7.82. The number of esters is 1. The molecule has 0 aliphatic rings. The van der Waals surface area contributed by atoms with Gasteiger partial charge in [0.1, 0.15) is 5.75 Å². The zero-order valence-electron chi connectivity index (χ0n) is 13.4. The number of phenolic OH excluding ortho intramolecular Hbond substituents is 1. The van der Waals surface area contributed by atoms with E-state index in [4.69, 9.17) is 4.74 Å². The van der Waals surface area contributed by atoms with Crippen molar-refractivity contribution >= 4 is 28.3 Å². The molecule has 0 aliphatic heterocycles. The van der Waals surface area contributed by atoms with Crippen molar-refractivity contribution in [2.24, 2.45) is 0 Å². The number of ether oxygens (including phenoxy) is 1. The topological polar surface area (TPSA) is 75.6 Å². The fourth-order valence-electron chi connectivity index (χ4n) is 2.44. The number of rotatable bonds is 5. The summed E-state index contributed by atoms with van der Waals surface area (Å²) < 4.78 is 4.98. The van der Waals surface area contributed by atoms with Gasteiger partial charge in [-0.15, -0.1) is 0 Å². The highest BCUT2D eigenvalue weighted by atomic mass is 16.5. The first kappa shape index (κ1) is 16.5. The highest BCUT2D eigenvalue weighted by Crippen LogP contribution is 2.18. The van der Waals surface area contributed by atoms with Crippen LogP contribution in [0.4, 0.5) is 5.69 Å². The van der Waals surface area contributed by atoms with Gasteiger partial charge in [0.2, 0.25) is 0 Å². The zero-order chi connectivity index (χ0) is 17.6. The number of hydrogen-bond donors (Lipinski definition) is 2. The Morgan fingerprint density at radius 2 is 1.64 bits per heavy atom. The maximum absolute atomic E-state index is 11.9. The Hall–Kier alpha value is -3.34. The molecular weight excluding hydrogens is 318 g/mol. The van der Waals surface area contributed by atoms with Crippen molar-refractivity contribution in [1.29, 1.82) is 0 Å². The van der Waals surface area contributed by atoms with Gasteiger partial charge in [-0.25, -0.2) is 0 Å². The van der Waals surface area contributed by atoms with Crippen LogP contribution in [0.3, 0.4) is 0 Å². The summed E-state index contributed by atoms with van der Waals surface area (Å²) in [6.45, 7) is -0.344. The lowest BCUT2D eigenvalue weighted by atomic mass is 10.1. The average Bonchev–Trinajstić information content (AvgIpc) is 2.62. The summed E-state index contributed by atoms with van der Waals surface area (Å²) in [6, 6.07) is 19.7. The van der Waals surface area contributed by atoms with Crippen molar-refractivity contribution in [2.45, 2.75) is 6.42 Å². The largest absolute Gasteiger partial charge is 0.508 e. The van der Waals surface area contributed by atoms with Crippen LogP contribution in [-0.4, -0.2) is 23.6 Å². The van der Waals surface area contributed by atoms with Gasteiger partial charge in [-0.1, -0.05) is 42.5 Å². The Kier molecular flexibility index (Phi) is 4.95. The van der Waals surface area contributed by atoms with Gasteiger partial charge in [0, 0.05) is 5.69 Å². The van der Waals surface area contributed by atoms with Crippen LogP contribution in [0.5, 0.6) is 5.75 Å². The molecule has 0 heterocycles. The molecule has 25 heavy (non-hydrogen) atoms. The minimum Gasteiger partial charge on any atom is -0.508 e. The van der Waals surface area contributed by atoms with E-state index in [1.807, 2.05) is 36.4 Å². The normalized spacial score (nSPS) is 10.4. The molecule has 3 aromatic carbocycles. The number of amides is 1. The first-order chi connectivity index (χ1) is 12.1. The second-order valence-corrected chi connectivity index (χ2v) is 5.61. The van der Waals surface area contributed by atoms with Crippen molar-refractivity contribution in [3.8, 4) is 5.75 Å². The number of phenols is 1. The summed E-state index contributed by atoms with van der Waals surface area (Å²) in [5.41, 5.74) is 1.36. The second-order valence-electron chi connectivity index (χ2n) is 5.61. The van der Waals surface area contributed by atoms with Gasteiger partial charge in [-0.05, 0) is 40.6 Å². The van der Waals surface area contributed by atoms with E-state index in [9.17, 15) is 14.7 Å². The Morgan fingerprint density at radius 3 is 2.40 bits per heavy atom. The molecule has 2 N–H and O–H groups in total. The van der Waals surface area contributed by atoms with Crippen molar-refractivity contribution in [1.82, 2.24) is 0 Å². The molecule has 0 fully saturated rings. The van der Waals surface area contributed by atoms with Gasteiger partial charge in [0.15, 0.2) is 6.61 Å². The number of carbonyl (C=O) groups is 2. The molecule has 5 heteroatoms. The fourth-order valence-corrected chi connectivity index (χ4v) is 2.44. The monoisotopic (exact) mass is 335 g/mol. The molecule has 0 atom stereocenters. The van der Waals surface area contributed by atoms with Gasteiger partial charge in [-0.3, -0.25) is 9.59 Å². The third-order valence-corrected chi connectivity index (χ3v) is 3.68. The minimum atomic E-state index is -0.501. The highest BCUT2D eigenvalue weighted by Gasteiger charge is 2.09. The van der Waals surface area contributed by atoms with Gasteiger partial charge in [0.05, 0.1) is 6.42 Å². The standard InChI is InChI=1S/C20H17NO4/c22-18-9-5-14(6-10-18)11-20(24)25-13-19(23)21-17-8-7-15-3-1-2-4-16(15)12-17/h1-10,12,22H,11,13H2,(H,21,23). The zero-order valence-corrected chi connectivity index (χ0v) is 13.4. The van der Waals surface area contributed by atoms with E-state index in [2.05, 4.69) is 5.32 Å². The maximum Gasteiger partial charge on any atom is 0.310 e. The molecule has 3 aromatic rings. The maximum atomic E-state index is 11.9. The summed E-state index contributed by atoms with van der Waals surface area (Å²) in [6.07, 6.45) is 0.0452. The van der Waals surface area contributed by atoms with E-state index in [-0.39, 0.29) is 18.8 Å². The van der Waals surface area contributed by atoms with Crippen molar-refractivity contribution in [3.05, 3.63) is 72.3 Å². The summed E-state index contributed by atoms with van der Waals surface area (Å²) in [5, 5.41) is 14.0. The molecule has 1 amide bonds. The van der Waals surface area contributed by atoms with Gasteiger partial charge in [0.25, 0.3) is 5.91 Å². The Balaban J connectivity index is 1.51. The predicted molar refractivity (Wildman–Crippen MR) is 95.3 cm³/mol. The number of aromatic hydroxyl groups is 1. The molecule has 0 aromatic heterocycles. The molecule has 0 aliphatic carbocycles. The number of nitrogens with one attached hydrogen (secondary N) is 1. The van der Waals surface area contributed by atoms with Gasteiger partial charge < -0.3 is 15.2 Å². The number of carbonyl (C=O) groups excluding carboxylic acids is 2. The van der Waals surface area contributed by atoms with Crippen molar-refractivity contribution in [3.63, 3.8) is 0 Å². The molecule has 0 saturated heterocycles. The molecule has 0 radical (unpaired) electrons. The molecule has 0 unspecified atom stereocenters. The number of anilines is 1. The minimum absolute atomic E-state index is 0.0452. The van der Waals surface area contributed by atoms with Crippen LogP contribution >= 0.6 is 0 Å². The van der Waals surface area contributed by atoms with Crippen LogP contribution in [0.25, 0.3) is 10.8 Å². The lowest BCUT2D eigenvalue weighted by Crippen LogP contribution is -2.21. The Bertz CT molecular complexity index is 903. The van der Waals surface area contributed by atoms with Crippen LogP contribution < -0.4 is 5.32 Å². The smallest absolute Gasteiger partial charge is 0.310 e. The molecule has 0 bridgehead atoms. The first-order valence-corrected chi connectivity index (χ1v) is 7.82. The third-order valence-electron chi connectivity index (χ3n) is 3.68. The number of benzene rings is 3. The molecule has 126 valence electrons. The Labute approximate surface area is 144 Å². The summed E-state index contributed by atoms with van der Waals surface area (Å²) in [4.78, 5) is 23.7.